The molecule has 1 nitrogen and oxygen atoms in total. The van der Waals surface area contributed by atoms with Crippen LogP contribution < -0.4 is 0 Å². The number of ether oxygens (including phenoxy) is 1. The van der Waals surface area contributed by atoms with Gasteiger partial charge in [-0.2, -0.15) is 0 Å². The van der Waals surface area contributed by atoms with Crippen molar-refractivity contribution >= 4 is 0 Å². The fraction of sp³-hybridized carbons (Fsp3) is 1.00. The van der Waals surface area contributed by atoms with Gasteiger partial charge in [0.1, 0.15) is 0 Å². The summed E-state index contributed by atoms with van der Waals surface area (Å²) in [5, 5.41) is 0. The van der Waals surface area contributed by atoms with E-state index >= 15 is 0 Å². The molecule has 2 fully saturated rings. The Hall–Kier alpha value is -0.0400. The molecule has 0 amide bonds. The Labute approximate surface area is 88.2 Å². The number of hydrogen-bond acceptors (Lipinski definition) is 1. The lowest BCUT2D eigenvalue weighted by atomic mass is 9.98. The molecule has 14 heavy (non-hydrogen) atoms. The Balaban J connectivity index is 1.75. The standard InChI is InChI=1S/C13H24O/c1-2-4-6-10-14-13-9-8-12(11-13)7-5-3-1/h12-13H,1-11H2. The van der Waals surface area contributed by atoms with Crippen molar-refractivity contribution in [1.29, 1.82) is 0 Å². The van der Waals surface area contributed by atoms with Crippen molar-refractivity contribution in [2.45, 2.75) is 70.3 Å². The molecule has 0 spiro atoms. The third kappa shape index (κ3) is 3.27. The highest BCUT2D eigenvalue weighted by atomic mass is 16.5. The lowest BCUT2D eigenvalue weighted by Crippen LogP contribution is -2.10. The van der Waals surface area contributed by atoms with Gasteiger partial charge in [-0.1, -0.05) is 38.5 Å². The molecule has 1 aliphatic carbocycles. The van der Waals surface area contributed by atoms with E-state index in [-0.39, 0.29) is 0 Å². The largest absolute Gasteiger partial charge is 0.378 e. The molecular formula is C13H24O. The molecule has 2 bridgehead atoms. The van der Waals surface area contributed by atoms with E-state index in [2.05, 4.69) is 0 Å². The van der Waals surface area contributed by atoms with Gasteiger partial charge in [0.2, 0.25) is 0 Å². The summed E-state index contributed by atoms with van der Waals surface area (Å²) in [6.07, 6.45) is 14.7. The Morgan fingerprint density at radius 3 is 2.43 bits per heavy atom. The van der Waals surface area contributed by atoms with Crippen molar-refractivity contribution in [2.24, 2.45) is 5.92 Å². The van der Waals surface area contributed by atoms with Crippen LogP contribution in [0.4, 0.5) is 0 Å². The summed E-state index contributed by atoms with van der Waals surface area (Å²) in [5.74, 6) is 0.999. The molecule has 0 radical (unpaired) electrons. The molecule has 2 rings (SSSR count). The zero-order chi connectivity index (χ0) is 9.64. The van der Waals surface area contributed by atoms with Crippen LogP contribution in [0, 0.1) is 5.92 Å². The van der Waals surface area contributed by atoms with Gasteiger partial charge in [0.05, 0.1) is 6.10 Å². The zero-order valence-electron chi connectivity index (χ0n) is 9.34. The normalized spacial score (nSPS) is 36.0. The SMILES string of the molecule is C1CCCCC2CCC(C2)OCCC1. The molecule has 0 N–H and O–H groups in total. The molecule has 82 valence electrons. The van der Waals surface area contributed by atoms with E-state index in [1.54, 1.807) is 0 Å². The smallest absolute Gasteiger partial charge is 0.0577 e. The molecule has 1 heterocycles. The van der Waals surface area contributed by atoms with Gasteiger partial charge in [0.25, 0.3) is 0 Å². The van der Waals surface area contributed by atoms with Crippen LogP contribution in [0.2, 0.25) is 0 Å². The Morgan fingerprint density at radius 2 is 1.50 bits per heavy atom. The highest BCUT2D eigenvalue weighted by molar-refractivity contribution is 4.76. The van der Waals surface area contributed by atoms with Crippen LogP contribution in [-0.4, -0.2) is 12.7 Å². The third-order valence-corrected chi connectivity index (χ3v) is 3.85. The second-order valence-corrected chi connectivity index (χ2v) is 5.08. The molecule has 0 aromatic rings. The number of rotatable bonds is 0. The van der Waals surface area contributed by atoms with Gasteiger partial charge in [-0.25, -0.2) is 0 Å². The Bertz CT molecular complexity index is 139. The van der Waals surface area contributed by atoms with E-state index in [0.29, 0.717) is 6.10 Å². The monoisotopic (exact) mass is 196 g/mol. The predicted octanol–water partition coefficient (Wildman–Crippen LogP) is 3.92. The van der Waals surface area contributed by atoms with Crippen molar-refractivity contribution in [3.8, 4) is 0 Å². The average Bonchev–Trinajstić information content (AvgIpc) is 2.61. The van der Waals surface area contributed by atoms with E-state index in [4.69, 9.17) is 4.74 Å². The van der Waals surface area contributed by atoms with Crippen molar-refractivity contribution in [3.05, 3.63) is 0 Å². The summed E-state index contributed by atoms with van der Waals surface area (Å²) >= 11 is 0. The summed E-state index contributed by atoms with van der Waals surface area (Å²) in [4.78, 5) is 0. The Kier molecular flexibility index (Phi) is 4.30. The van der Waals surface area contributed by atoms with Crippen molar-refractivity contribution < 1.29 is 4.74 Å². The fourth-order valence-corrected chi connectivity index (χ4v) is 2.93. The van der Waals surface area contributed by atoms with Crippen LogP contribution in [0.25, 0.3) is 0 Å². The molecule has 0 aromatic carbocycles. The molecule has 1 saturated heterocycles. The molecule has 1 heteroatoms. The van der Waals surface area contributed by atoms with Gasteiger partial charge >= 0.3 is 0 Å². The lowest BCUT2D eigenvalue weighted by molar-refractivity contribution is 0.0520. The van der Waals surface area contributed by atoms with E-state index in [0.717, 1.165) is 12.5 Å². The first-order valence-electron chi connectivity index (χ1n) is 6.57. The lowest BCUT2D eigenvalue weighted by Gasteiger charge is -2.14. The molecule has 2 unspecified atom stereocenters. The van der Waals surface area contributed by atoms with Crippen LogP contribution in [0.1, 0.15) is 64.2 Å². The second kappa shape index (κ2) is 5.75. The number of hydrogen-bond donors (Lipinski definition) is 0. The van der Waals surface area contributed by atoms with Gasteiger partial charge in [-0.05, 0) is 31.6 Å². The highest BCUT2D eigenvalue weighted by Gasteiger charge is 2.24. The minimum atomic E-state index is 0.624. The van der Waals surface area contributed by atoms with Crippen molar-refractivity contribution in [1.82, 2.24) is 0 Å². The van der Waals surface area contributed by atoms with Crippen LogP contribution in [0.5, 0.6) is 0 Å². The fourth-order valence-electron chi connectivity index (χ4n) is 2.93. The first-order valence-corrected chi connectivity index (χ1v) is 6.57. The van der Waals surface area contributed by atoms with Gasteiger partial charge in [-0.3, -0.25) is 0 Å². The molecule has 1 saturated carbocycles. The van der Waals surface area contributed by atoms with Gasteiger partial charge in [-0.15, -0.1) is 0 Å². The molecule has 1 aliphatic heterocycles. The molecule has 2 aliphatic rings. The van der Waals surface area contributed by atoms with Gasteiger partial charge < -0.3 is 4.74 Å². The number of fused-ring (bicyclic) bond motifs is 2. The summed E-state index contributed by atoms with van der Waals surface area (Å²) in [7, 11) is 0. The van der Waals surface area contributed by atoms with E-state index in [9.17, 15) is 0 Å². The minimum absolute atomic E-state index is 0.624. The van der Waals surface area contributed by atoms with Crippen molar-refractivity contribution in [3.63, 3.8) is 0 Å². The molecule has 2 atom stereocenters. The van der Waals surface area contributed by atoms with Crippen LogP contribution in [0.3, 0.4) is 0 Å². The first kappa shape index (κ1) is 10.5. The maximum Gasteiger partial charge on any atom is 0.0577 e. The van der Waals surface area contributed by atoms with Gasteiger partial charge in [0.15, 0.2) is 0 Å². The first-order chi connectivity index (χ1) is 6.95. The highest BCUT2D eigenvalue weighted by Crippen LogP contribution is 2.32. The third-order valence-electron chi connectivity index (χ3n) is 3.85. The van der Waals surface area contributed by atoms with E-state index in [1.807, 2.05) is 0 Å². The van der Waals surface area contributed by atoms with Crippen LogP contribution >= 0.6 is 0 Å². The maximum absolute atomic E-state index is 5.91. The van der Waals surface area contributed by atoms with Crippen LogP contribution in [-0.2, 0) is 4.74 Å². The average molecular weight is 196 g/mol. The van der Waals surface area contributed by atoms with E-state index in [1.165, 1.54) is 64.2 Å². The minimum Gasteiger partial charge on any atom is -0.378 e. The second-order valence-electron chi connectivity index (χ2n) is 5.08. The quantitative estimate of drug-likeness (QED) is 0.570. The predicted molar refractivity (Wildman–Crippen MR) is 59.4 cm³/mol. The molecular weight excluding hydrogens is 172 g/mol. The zero-order valence-corrected chi connectivity index (χ0v) is 9.34. The summed E-state index contributed by atoms with van der Waals surface area (Å²) in [6, 6.07) is 0. The molecule has 0 aromatic heterocycles. The van der Waals surface area contributed by atoms with Gasteiger partial charge in [0, 0.05) is 6.61 Å². The summed E-state index contributed by atoms with van der Waals surface area (Å²) in [6.45, 7) is 1.03. The maximum atomic E-state index is 5.91. The topological polar surface area (TPSA) is 9.23 Å². The van der Waals surface area contributed by atoms with E-state index < -0.39 is 0 Å². The summed E-state index contributed by atoms with van der Waals surface area (Å²) in [5.41, 5.74) is 0. The van der Waals surface area contributed by atoms with Crippen molar-refractivity contribution in [2.75, 3.05) is 6.61 Å². The Morgan fingerprint density at radius 1 is 0.714 bits per heavy atom. The summed E-state index contributed by atoms with van der Waals surface area (Å²) < 4.78 is 5.91. The van der Waals surface area contributed by atoms with Crippen LogP contribution in [0.15, 0.2) is 0 Å².